The average Bonchev–Trinajstić information content (AvgIpc) is 2.74. The van der Waals surface area contributed by atoms with Crippen LogP contribution >= 0.6 is 0 Å². The number of hydrogen-bond donors (Lipinski definition) is 2. The molecule has 1 aliphatic rings. The van der Waals surface area contributed by atoms with Gasteiger partial charge in [-0.2, -0.15) is 8.42 Å². The van der Waals surface area contributed by atoms with E-state index in [0.29, 0.717) is 52.2 Å². The molecular formula is C23H45NO10S. The SMILES string of the molecule is CC(OCCOCCOCCOCCOCCS(=O)(=O)O)C1CCC(NC(=O)OC(C)(C)C)CC1. The minimum absolute atomic E-state index is 0.0625. The molecule has 1 amide bonds. The van der Waals surface area contributed by atoms with Crippen LogP contribution in [0.4, 0.5) is 4.79 Å². The molecule has 1 fully saturated rings. The molecule has 1 saturated carbocycles. The van der Waals surface area contributed by atoms with Crippen molar-refractivity contribution < 1.29 is 46.2 Å². The summed E-state index contributed by atoms with van der Waals surface area (Å²) in [6.07, 6.45) is 3.67. The average molecular weight is 528 g/mol. The fraction of sp³-hybridized carbons (Fsp3) is 0.957. The van der Waals surface area contributed by atoms with E-state index >= 15 is 0 Å². The fourth-order valence-corrected chi connectivity index (χ4v) is 3.89. The summed E-state index contributed by atoms with van der Waals surface area (Å²) in [7, 11) is -3.98. The van der Waals surface area contributed by atoms with Gasteiger partial charge >= 0.3 is 6.09 Å². The van der Waals surface area contributed by atoms with Gasteiger partial charge in [0.25, 0.3) is 10.1 Å². The van der Waals surface area contributed by atoms with Gasteiger partial charge < -0.3 is 33.7 Å². The summed E-state index contributed by atoms with van der Waals surface area (Å²) < 4.78 is 62.1. The Hall–Kier alpha value is -1.02. The van der Waals surface area contributed by atoms with E-state index in [4.69, 9.17) is 33.0 Å². The first-order chi connectivity index (χ1) is 16.5. The Bertz CT molecular complexity index is 660. The van der Waals surface area contributed by atoms with Gasteiger partial charge in [-0.1, -0.05) is 0 Å². The van der Waals surface area contributed by atoms with Crippen molar-refractivity contribution in [2.75, 3.05) is 65.2 Å². The lowest BCUT2D eigenvalue weighted by Crippen LogP contribution is -2.42. The van der Waals surface area contributed by atoms with Crippen molar-refractivity contribution in [3.63, 3.8) is 0 Å². The van der Waals surface area contributed by atoms with E-state index in [1.807, 2.05) is 20.8 Å². The smallest absolute Gasteiger partial charge is 0.407 e. The summed E-state index contributed by atoms with van der Waals surface area (Å²) >= 11 is 0. The summed E-state index contributed by atoms with van der Waals surface area (Å²) in [6.45, 7) is 11.0. The fourth-order valence-electron chi connectivity index (χ4n) is 3.56. The van der Waals surface area contributed by atoms with Gasteiger partial charge in [-0.05, 0) is 59.3 Å². The second-order valence-corrected chi connectivity index (χ2v) is 11.1. The Morgan fingerprint density at radius 2 is 1.31 bits per heavy atom. The van der Waals surface area contributed by atoms with Crippen molar-refractivity contribution in [3.05, 3.63) is 0 Å². The van der Waals surface area contributed by atoms with Crippen molar-refractivity contribution in [1.82, 2.24) is 5.32 Å². The minimum atomic E-state index is -3.98. The summed E-state index contributed by atoms with van der Waals surface area (Å²) in [6, 6.07) is 0.161. The molecule has 0 radical (unpaired) electrons. The Morgan fingerprint density at radius 1 is 0.857 bits per heavy atom. The van der Waals surface area contributed by atoms with E-state index in [2.05, 4.69) is 12.2 Å². The number of carbonyl (C=O) groups excluding carboxylic acids is 1. The van der Waals surface area contributed by atoms with Crippen molar-refractivity contribution in [2.24, 2.45) is 5.92 Å². The van der Waals surface area contributed by atoms with E-state index in [9.17, 15) is 13.2 Å². The topological polar surface area (TPSA) is 139 Å². The Labute approximate surface area is 210 Å². The lowest BCUT2D eigenvalue weighted by Gasteiger charge is -2.33. The van der Waals surface area contributed by atoms with Crippen LogP contribution in [0.25, 0.3) is 0 Å². The van der Waals surface area contributed by atoms with Crippen LogP contribution in [0.5, 0.6) is 0 Å². The predicted octanol–water partition coefficient (Wildman–Crippen LogP) is 2.43. The van der Waals surface area contributed by atoms with Crippen molar-refractivity contribution in [2.45, 2.75) is 71.1 Å². The number of nitrogens with one attached hydrogen (secondary N) is 1. The number of amides is 1. The molecule has 11 nitrogen and oxygen atoms in total. The van der Waals surface area contributed by atoms with E-state index in [0.717, 1.165) is 25.7 Å². The van der Waals surface area contributed by atoms with Crippen molar-refractivity contribution in [1.29, 1.82) is 0 Å². The molecule has 0 aromatic rings. The van der Waals surface area contributed by atoms with Gasteiger partial charge in [-0.15, -0.1) is 0 Å². The highest BCUT2D eigenvalue weighted by molar-refractivity contribution is 7.85. The molecule has 1 aliphatic carbocycles. The quantitative estimate of drug-likeness (QED) is 0.202. The zero-order chi connectivity index (χ0) is 26.2. The molecule has 35 heavy (non-hydrogen) atoms. The molecule has 0 saturated heterocycles. The van der Waals surface area contributed by atoms with E-state index in [-0.39, 0.29) is 31.5 Å². The molecule has 1 rings (SSSR count). The maximum atomic E-state index is 11.9. The number of rotatable bonds is 18. The Balaban J connectivity index is 1.90. The third-order valence-electron chi connectivity index (χ3n) is 5.37. The van der Waals surface area contributed by atoms with Crippen LogP contribution in [0.1, 0.15) is 53.4 Å². The molecule has 0 spiro atoms. The van der Waals surface area contributed by atoms with E-state index in [1.54, 1.807) is 0 Å². The first kappa shape index (κ1) is 32.0. The van der Waals surface area contributed by atoms with E-state index < -0.39 is 21.5 Å². The molecule has 2 N–H and O–H groups in total. The highest BCUT2D eigenvalue weighted by Gasteiger charge is 2.27. The van der Waals surface area contributed by atoms with Crippen molar-refractivity contribution in [3.8, 4) is 0 Å². The highest BCUT2D eigenvalue weighted by Crippen LogP contribution is 2.28. The van der Waals surface area contributed by atoms with Crippen LogP contribution in [0.3, 0.4) is 0 Å². The van der Waals surface area contributed by atoms with Crippen LogP contribution in [-0.4, -0.2) is 102 Å². The first-order valence-corrected chi connectivity index (χ1v) is 13.9. The Morgan fingerprint density at radius 3 is 1.77 bits per heavy atom. The van der Waals surface area contributed by atoms with Gasteiger partial charge in [-0.3, -0.25) is 4.55 Å². The molecule has 1 unspecified atom stereocenters. The van der Waals surface area contributed by atoms with Gasteiger partial charge in [0.1, 0.15) is 5.60 Å². The van der Waals surface area contributed by atoms with Crippen LogP contribution in [0.2, 0.25) is 0 Å². The second kappa shape index (κ2) is 17.4. The van der Waals surface area contributed by atoms with Gasteiger partial charge in [0.05, 0.1) is 71.3 Å². The highest BCUT2D eigenvalue weighted by atomic mass is 32.2. The van der Waals surface area contributed by atoms with Crippen LogP contribution < -0.4 is 5.32 Å². The molecule has 0 aliphatic heterocycles. The number of ether oxygens (including phenoxy) is 6. The predicted molar refractivity (Wildman–Crippen MR) is 130 cm³/mol. The van der Waals surface area contributed by atoms with Gasteiger partial charge in [-0.25, -0.2) is 4.79 Å². The largest absolute Gasteiger partial charge is 0.444 e. The van der Waals surface area contributed by atoms with Gasteiger partial charge in [0, 0.05) is 6.04 Å². The third kappa shape index (κ3) is 18.8. The summed E-state index contributed by atoms with van der Waals surface area (Å²) in [5.74, 6) is 0.0546. The molecular weight excluding hydrogens is 482 g/mol. The molecule has 0 aromatic heterocycles. The zero-order valence-electron chi connectivity index (χ0n) is 21.7. The maximum Gasteiger partial charge on any atom is 0.407 e. The van der Waals surface area contributed by atoms with Crippen molar-refractivity contribution >= 4 is 16.2 Å². The first-order valence-electron chi connectivity index (χ1n) is 12.3. The molecule has 1 atom stereocenters. The molecule has 0 heterocycles. The molecule has 0 aromatic carbocycles. The maximum absolute atomic E-state index is 11.9. The second-order valence-electron chi connectivity index (χ2n) is 9.57. The van der Waals surface area contributed by atoms with E-state index in [1.165, 1.54) is 0 Å². The molecule has 0 bridgehead atoms. The van der Waals surface area contributed by atoms with Gasteiger partial charge in [0.2, 0.25) is 0 Å². The zero-order valence-corrected chi connectivity index (χ0v) is 22.5. The Kier molecular flexibility index (Phi) is 15.9. The molecule has 12 heteroatoms. The lowest BCUT2D eigenvalue weighted by atomic mass is 9.83. The third-order valence-corrected chi connectivity index (χ3v) is 6.05. The number of carbonyl (C=O) groups is 1. The summed E-state index contributed by atoms with van der Waals surface area (Å²) in [5.41, 5.74) is -0.485. The van der Waals surface area contributed by atoms with Crippen LogP contribution in [-0.2, 0) is 38.5 Å². The van der Waals surface area contributed by atoms with Crippen LogP contribution in [0, 0.1) is 5.92 Å². The monoisotopic (exact) mass is 527 g/mol. The summed E-state index contributed by atoms with van der Waals surface area (Å²) in [5, 5.41) is 2.96. The van der Waals surface area contributed by atoms with Crippen LogP contribution in [0.15, 0.2) is 0 Å². The normalized spacial score (nSPS) is 19.9. The summed E-state index contributed by atoms with van der Waals surface area (Å²) in [4.78, 5) is 11.9. The molecule has 208 valence electrons. The minimum Gasteiger partial charge on any atom is -0.444 e. The van der Waals surface area contributed by atoms with Gasteiger partial charge in [0.15, 0.2) is 0 Å². The standard InChI is InChI=1S/C23H45NO10S/c1-19(20-5-7-21(8-6-20)24-22(25)34-23(2,3)4)33-16-15-31-12-11-29-9-10-30-13-14-32-17-18-35(26,27)28/h19-21H,5-18H2,1-4H3,(H,24,25)(H,26,27,28). The number of hydrogen-bond acceptors (Lipinski definition) is 9. The number of alkyl carbamates (subject to hydrolysis) is 1. The lowest BCUT2D eigenvalue weighted by molar-refractivity contribution is -0.0359.